The Morgan fingerprint density at radius 2 is 1.68 bits per heavy atom. The maximum atomic E-state index is 10.5. The lowest BCUT2D eigenvalue weighted by atomic mass is 9.96. The molecule has 0 aliphatic rings. The maximum absolute atomic E-state index is 10.5. The first-order chi connectivity index (χ1) is 8.90. The SMILES string of the molecule is Cc1cc(C(O)c2ccc(Br)cc2Cl)c(C)cc1Br. The first-order valence-corrected chi connectivity index (χ1v) is 7.76. The third kappa shape index (κ3) is 3.22. The van der Waals surface area contributed by atoms with E-state index in [1.807, 2.05) is 38.1 Å². The molecule has 1 atom stereocenters. The second-order valence-electron chi connectivity index (χ2n) is 4.53. The van der Waals surface area contributed by atoms with Crippen LogP contribution in [0.25, 0.3) is 0 Å². The minimum absolute atomic E-state index is 0.557. The fourth-order valence-corrected chi connectivity index (χ4v) is 3.22. The predicted octanol–water partition coefficient (Wildman–Crippen LogP) is 5.56. The van der Waals surface area contributed by atoms with E-state index < -0.39 is 6.10 Å². The van der Waals surface area contributed by atoms with Crippen molar-refractivity contribution in [2.45, 2.75) is 20.0 Å². The number of halogens is 3. The summed E-state index contributed by atoms with van der Waals surface area (Å²) in [5, 5.41) is 11.1. The third-order valence-corrected chi connectivity index (χ3v) is 4.77. The van der Waals surface area contributed by atoms with E-state index in [1.54, 1.807) is 6.07 Å². The van der Waals surface area contributed by atoms with Crippen molar-refractivity contribution in [2.75, 3.05) is 0 Å². The normalized spacial score (nSPS) is 12.5. The zero-order chi connectivity index (χ0) is 14.2. The minimum atomic E-state index is -0.715. The van der Waals surface area contributed by atoms with E-state index in [0.29, 0.717) is 5.02 Å². The second kappa shape index (κ2) is 5.96. The molecule has 0 amide bonds. The molecule has 1 nitrogen and oxygen atoms in total. The van der Waals surface area contributed by atoms with Crippen LogP contribution >= 0.6 is 43.5 Å². The molecule has 0 aliphatic heterocycles. The summed E-state index contributed by atoms with van der Waals surface area (Å²) in [5.41, 5.74) is 3.72. The van der Waals surface area contributed by atoms with Crippen LogP contribution in [0.15, 0.2) is 39.3 Å². The van der Waals surface area contributed by atoms with Crippen LogP contribution in [0.1, 0.15) is 28.4 Å². The zero-order valence-corrected chi connectivity index (χ0v) is 14.5. The van der Waals surface area contributed by atoms with Crippen LogP contribution in [0.5, 0.6) is 0 Å². The monoisotopic (exact) mass is 402 g/mol. The highest BCUT2D eigenvalue weighted by atomic mass is 79.9. The summed E-state index contributed by atoms with van der Waals surface area (Å²) in [6.45, 7) is 3.98. The van der Waals surface area contributed by atoms with Crippen LogP contribution < -0.4 is 0 Å². The average molecular weight is 405 g/mol. The van der Waals surface area contributed by atoms with Crippen LogP contribution in [-0.2, 0) is 0 Å². The Morgan fingerprint density at radius 1 is 1.00 bits per heavy atom. The molecular weight excluding hydrogens is 391 g/mol. The summed E-state index contributed by atoms with van der Waals surface area (Å²) in [4.78, 5) is 0. The summed E-state index contributed by atoms with van der Waals surface area (Å²) < 4.78 is 1.94. The summed E-state index contributed by atoms with van der Waals surface area (Å²) in [6, 6.07) is 9.52. The molecule has 1 N–H and O–H groups in total. The van der Waals surface area contributed by atoms with E-state index in [-0.39, 0.29) is 0 Å². The lowest BCUT2D eigenvalue weighted by molar-refractivity contribution is 0.219. The highest BCUT2D eigenvalue weighted by Crippen LogP contribution is 2.33. The number of hydrogen-bond acceptors (Lipinski definition) is 1. The Labute approximate surface area is 134 Å². The van der Waals surface area contributed by atoms with Gasteiger partial charge in [-0.15, -0.1) is 0 Å². The molecule has 100 valence electrons. The molecule has 2 aromatic carbocycles. The van der Waals surface area contributed by atoms with E-state index >= 15 is 0 Å². The number of aliphatic hydroxyl groups is 1. The highest BCUT2D eigenvalue weighted by molar-refractivity contribution is 9.10. The van der Waals surface area contributed by atoms with E-state index in [9.17, 15) is 5.11 Å². The van der Waals surface area contributed by atoms with E-state index in [2.05, 4.69) is 31.9 Å². The molecule has 0 heterocycles. The number of benzene rings is 2. The topological polar surface area (TPSA) is 20.2 Å². The van der Waals surface area contributed by atoms with Gasteiger partial charge in [0.25, 0.3) is 0 Å². The minimum Gasteiger partial charge on any atom is -0.384 e. The van der Waals surface area contributed by atoms with E-state index in [0.717, 1.165) is 31.2 Å². The average Bonchev–Trinajstić information content (AvgIpc) is 2.33. The van der Waals surface area contributed by atoms with Gasteiger partial charge in [0.15, 0.2) is 0 Å². The smallest absolute Gasteiger partial charge is 0.106 e. The molecule has 1 unspecified atom stereocenters. The molecule has 0 radical (unpaired) electrons. The summed E-state index contributed by atoms with van der Waals surface area (Å²) in [7, 11) is 0. The quantitative estimate of drug-likeness (QED) is 0.694. The lowest BCUT2D eigenvalue weighted by Gasteiger charge is -2.17. The van der Waals surface area contributed by atoms with Crippen LogP contribution in [-0.4, -0.2) is 5.11 Å². The van der Waals surface area contributed by atoms with Gasteiger partial charge < -0.3 is 5.11 Å². The fourth-order valence-electron chi connectivity index (χ4n) is 1.99. The molecule has 2 rings (SSSR count). The van der Waals surface area contributed by atoms with Gasteiger partial charge in [0.1, 0.15) is 6.10 Å². The molecule has 0 aromatic heterocycles. The van der Waals surface area contributed by atoms with Crippen molar-refractivity contribution < 1.29 is 5.11 Å². The first-order valence-electron chi connectivity index (χ1n) is 5.80. The summed E-state index contributed by atoms with van der Waals surface area (Å²) in [6.07, 6.45) is -0.715. The maximum Gasteiger partial charge on any atom is 0.106 e. The standard InChI is InChI=1S/C15H13Br2ClO/c1-8-6-13(17)9(2)5-12(8)15(19)11-4-3-10(16)7-14(11)18/h3-7,15,19H,1-2H3. The van der Waals surface area contributed by atoms with Crippen LogP contribution in [0.3, 0.4) is 0 Å². The molecule has 0 aliphatic carbocycles. The van der Waals surface area contributed by atoms with Crippen molar-refractivity contribution in [3.8, 4) is 0 Å². The van der Waals surface area contributed by atoms with Gasteiger partial charge in [0.05, 0.1) is 0 Å². The van der Waals surface area contributed by atoms with E-state index in [1.165, 1.54) is 0 Å². The summed E-state index contributed by atoms with van der Waals surface area (Å²) >= 11 is 13.1. The van der Waals surface area contributed by atoms with Crippen molar-refractivity contribution in [3.63, 3.8) is 0 Å². The Balaban J connectivity index is 2.49. The fraction of sp³-hybridized carbons (Fsp3) is 0.200. The van der Waals surface area contributed by atoms with Crippen LogP contribution in [0.4, 0.5) is 0 Å². The van der Waals surface area contributed by atoms with Gasteiger partial charge in [0.2, 0.25) is 0 Å². The van der Waals surface area contributed by atoms with Gasteiger partial charge in [-0.25, -0.2) is 0 Å². The largest absolute Gasteiger partial charge is 0.384 e. The Morgan fingerprint density at radius 3 is 2.32 bits per heavy atom. The molecular formula is C15H13Br2ClO. The van der Waals surface area contributed by atoms with Gasteiger partial charge in [-0.05, 0) is 48.7 Å². The molecule has 0 saturated carbocycles. The van der Waals surface area contributed by atoms with Crippen molar-refractivity contribution in [1.29, 1.82) is 0 Å². The van der Waals surface area contributed by atoms with Gasteiger partial charge in [-0.3, -0.25) is 0 Å². The predicted molar refractivity (Wildman–Crippen MR) is 86.8 cm³/mol. The molecule has 4 heteroatoms. The van der Waals surface area contributed by atoms with Gasteiger partial charge in [-0.2, -0.15) is 0 Å². The van der Waals surface area contributed by atoms with E-state index in [4.69, 9.17) is 11.6 Å². The number of hydrogen-bond donors (Lipinski definition) is 1. The van der Waals surface area contributed by atoms with Crippen molar-refractivity contribution >= 4 is 43.5 Å². The number of rotatable bonds is 2. The summed E-state index contributed by atoms with van der Waals surface area (Å²) in [5.74, 6) is 0. The number of aryl methyl sites for hydroxylation is 2. The molecule has 19 heavy (non-hydrogen) atoms. The Hall–Kier alpha value is -0.350. The lowest BCUT2D eigenvalue weighted by Crippen LogP contribution is -2.03. The molecule has 0 fully saturated rings. The van der Waals surface area contributed by atoms with Crippen LogP contribution in [0.2, 0.25) is 5.02 Å². The first kappa shape index (κ1) is 15.0. The van der Waals surface area contributed by atoms with Gasteiger partial charge in [-0.1, -0.05) is 55.6 Å². The van der Waals surface area contributed by atoms with Crippen molar-refractivity contribution in [2.24, 2.45) is 0 Å². The number of aliphatic hydroxyl groups excluding tert-OH is 1. The second-order valence-corrected chi connectivity index (χ2v) is 6.70. The molecule has 0 saturated heterocycles. The van der Waals surface area contributed by atoms with Gasteiger partial charge in [0, 0.05) is 19.5 Å². The van der Waals surface area contributed by atoms with Crippen LogP contribution in [0, 0.1) is 13.8 Å². The third-order valence-electron chi connectivity index (χ3n) is 3.10. The Bertz CT molecular complexity index is 626. The highest BCUT2D eigenvalue weighted by Gasteiger charge is 2.17. The Kier molecular flexibility index (Phi) is 4.72. The zero-order valence-electron chi connectivity index (χ0n) is 10.5. The molecule has 2 aromatic rings. The van der Waals surface area contributed by atoms with Gasteiger partial charge >= 0.3 is 0 Å². The van der Waals surface area contributed by atoms with Crippen molar-refractivity contribution in [3.05, 3.63) is 66.6 Å². The molecule has 0 bridgehead atoms. The molecule has 0 spiro atoms. The van der Waals surface area contributed by atoms with Crippen molar-refractivity contribution in [1.82, 2.24) is 0 Å².